The molecule has 112 valence electrons. The molecule has 3 N–H and O–H groups in total. The van der Waals surface area contributed by atoms with Crippen LogP contribution in [-0.4, -0.2) is 30.7 Å². The van der Waals surface area contributed by atoms with E-state index in [-0.39, 0.29) is 12.5 Å². The average molecular weight is 278 g/mol. The smallest absolute Gasteiger partial charge is 0.253 e. The monoisotopic (exact) mass is 278 g/mol. The lowest BCUT2D eigenvalue weighted by Crippen LogP contribution is -2.25. The Kier molecular flexibility index (Phi) is 8.47. The van der Waals surface area contributed by atoms with Gasteiger partial charge in [0.25, 0.3) is 5.91 Å². The topological polar surface area (TPSA) is 61.4 Å². The molecule has 0 spiro atoms. The van der Waals surface area contributed by atoms with Gasteiger partial charge in [-0.05, 0) is 31.4 Å². The number of nitrogens with one attached hydrogen (secondary N) is 2. The molecule has 0 aromatic heterocycles. The lowest BCUT2D eigenvalue weighted by molar-refractivity contribution is 0.0953. The normalized spacial score (nSPS) is 10.3. The number of hydrogen-bond donors (Lipinski definition) is 3. The van der Waals surface area contributed by atoms with Crippen molar-refractivity contribution in [2.45, 2.75) is 39.0 Å². The molecule has 1 aromatic rings. The van der Waals surface area contributed by atoms with Gasteiger partial charge in [0.15, 0.2) is 0 Å². The second-order valence-corrected chi connectivity index (χ2v) is 4.87. The number of hydrogen-bond acceptors (Lipinski definition) is 3. The summed E-state index contributed by atoms with van der Waals surface area (Å²) in [6.07, 6.45) is 4.88. The molecule has 0 atom stereocenters. The maximum Gasteiger partial charge on any atom is 0.253 e. The molecule has 4 nitrogen and oxygen atoms in total. The van der Waals surface area contributed by atoms with E-state index in [0.717, 1.165) is 44.3 Å². The van der Waals surface area contributed by atoms with Crippen LogP contribution in [0.25, 0.3) is 0 Å². The molecule has 0 aliphatic heterocycles. The van der Waals surface area contributed by atoms with Crippen molar-refractivity contribution < 1.29 is 9.90 Å². The van der Waals surface area contributed by atoms with Crippen molar-refractivity contribution in [2.75, 3.05) is 25.0 Å². The number of unbranched alkanes of at least 4 members (excludes halogenated alkanes) is 3. The van der Waals surface area contributed by atoms with Crippen LogP contribution < -0.4 is 10.6 Å². The first-order chi connectivity index (χ1) is 9.79. The highest BCUT2D eigenvalue weighted by molar-refractivity contribution is 5.99. The van der Waals surface area contributed by atoms with E-state index >= 15 is 0 Å². The van der Waals surface area contributed by atoms with E-state index in [9.17, 15) is 4.79 Å². The summed E-state index contributed by atoms with van der Waals surface area (Å²) in [7, 11) is 0. The zero-order valence-electron chi connectivity index (χ0n) is 12.3. The first kappa shape index (κ1) is 16.5. The lowest BCUT2D eigenvalue weighted by atomic mass is 10.1. The van der Waals surface area contributed by atoms with Crippen LogP contribution >= 0.6 is 0 Å². The summed E-state index contributed by atoms with van der Waals surface area (Å²) in [5.74, 6) is -0.0219. The van der Waals surface area contributed by atoms with Crippen LogP contribution in [0.1, 0.15) is 49.4 Å². The molecule has 0 saturated heterocycles. The van der Waals surface area contributed by atoms with Crippen LogP contribution in [0.2, 0.25) is 0 Å². The first-order valence-corrected chi connectivity index (χ1v) is 7.51. The van der Waals surface area contributed by atoms with E-state index in [1.54, 1.807) is 0 Å². The van der Waals surface area contributed by atoms with Gasteiger partial charge in [0.2, 0.25) is 0 Å². The molecule has 1 rings (SSSR count). The molecule has 20 heavy (non-hydrogen) atoms. The third-order valence-corrected chi connectivity index (χ3v) is 3.11. The van der Waals surface area contributed by atoms with Gasteiger partial charge in [-0.2, -0.15) is 0 Å². The summed E-state index contributed by atoms with van der Waals surface area (Å²) in [6, 6.07) is 7.60. The van der Waals surface area contributed by atoms with Gasteiger partial charge in [0, 0.05) is 25.4 Å². The van der Waals surface area contributed by atoms with Gasteiger partial charge in [-0.3, -0.25) is 4.79 Å². The minimum absolute atomic E-state index is 0.0219. The number of amides is 1. The summed E-state index contributed by atoms with van der Waals surface area (Å²) < 4.78 is 0. The van der Waals surface area contributed by atoms with Crippen molar-refractivity contribution in [3.63, 3.8) is 0 Å². The molecule has 0 aliphatic rings. The summed E-state index contributed by atoms with van der Waals surface area (Å²) in [5.41, 5.74) is 1.60. The molecule has 0 saturated carbocycles. The van der Waals surface area contributed by atoms with Gasteiger partial charge < -0.3 is 15.7 Å². The van der Waals surface area contributed by atoms with Crippen LogP contribution in [0, 0.1) is 0 Å². The highest BCUT2D eigenvalue weighted by atomic mass is 16.2. The third-order valence-electron chi connectivity index (χ3n) is 3.11. The minimum Gasteiger partial charge on any atom is -0.396 e. The number of para-hydroxylation sites is 1. The van der Waals surface area contributed by atoms with Gasteiger partial charge in [-0.1, -0.05) is 31.9 Å². The van der Waals surface area contributed by atoms with E-state index in [1.807, 2.05) is 24.3 Å². The number of anilines is 1. The summed E-state index contributed by atoms with van der Waals surface area (Å²) >= 11 is 0. The maximum absolute atomic E-state index is 12.1. The molecule has 0 aliphatic carbocycles. The van der Waals surface area contributed by atoms with Gasteiger partial charge in [0.05, 0.1) is 5.56 Å². The SMILES string of the molecule is CCCNc1ccccc1C(=O)NCCCCCCO. The molecule has 4 heteroatoms. The van der Waals surface area contributed by atoms with Gasteiger partial charge in [-0.25, -0.2) is 0 Å². The minimum atomic E-state index is -0.0219. The largest absolute Gasteiger partial charge is 0.396 e. The molecular formula is C16H26N2O2. The van der Waals surface area contributed by atoms with E-state index in [4.69, 9.17) is 5.11 Å². The molecule has 0 bridgehead atoms. The predicted molar refractivity (Wildman–Crippen MR) is 83.1 cm³/mol. The first-order valence-electron chi connectivity index (χ1n) is 7.51. The highest BCUT2D eigenvalue weighted by Gasteiger charge is 2.09. The van der Waals surface area contributed by atoms with Crippen LogP contribution in [0.3, 0.4) is 0 Å². The Morgan fingerprint density at radius 2 is 1.85 bits per heavy atom. The van der Waals surface area contributed by atoms with Crippen LogP contribution in [0.4, 0.5) is 5.69 Å². The standard InChI is InChI=1S/C16H26N2O2/c1-2-11-17-15-10-6-5-9-14(15)16(20)18-12-7-3-4-8-13-19/h5-6,9-10,17,19H,2-4,7-8,11-13H2,1H3,(H,18,20). The zero-order valence-corrected chi connectivity index (χ0v) is 12.3. The molecule has 0 unspecified atom stereocenters. The molecule has 0 heterocycles. The number of aliphatic hydroxyl groups excluding tert-OH is 1. The van der Waals surface area contributed by atoms with Crippen molar-refractivity contribution in [2.24, 2.45) is 0 Å². The molecule has 1 amide bonds. The number of carbonyl (C=O) groups excluding carboxylic acids is 1. The fourth-order valence-electron chi connectivity index (χ4n) is 1.98. The molecule has 0 radical (unpaired) electrons. The predicted octanol–water partition coefficient (Wildman–Crippen LogP) is 2.79. The fourth-order valence-corrected chi connectivity index (χ4v) is 1.98. The Balaban J connectivity index is 2.38. The summed E-state index contributed by atoms with van der Waals surface area (Å²) in [5, 5.41) is 14.9. The van der Waals surface area contributed by atoms with Crippen molar-refractivity contribution in [3.8, 4) is 0 Å². The van der Waals surface area contributed by atoms with E-state index in [2.05, 4.69) is 17.6 Å². The van der Waals surface area contributed by atoms with E-state index < -0.39 is 0 Å². The quantitative estimate of drug-likeness (QED) is 0.577. The number of carbonyl (C=O) groups is 1. The number of aliphatic hydroxyl groups is 1. The van der Waals surface area contributed by atoms with Gasteiger partial charge in [0.1, 0.15) is 0 Å². The number of rotatable bonds is 10. The number of benzene rings is 1. The maximum atomic E-state index is 12.1. The average Bonchev–Trinajstić information content (AvgIpc) is 2.48. The second kappa shape index (κ2) is 10.3. The summed E-state index contributed by atoms with van der Waals surface area (Å²) in [6.45, 7) is 3.91. The summed E-state index contributed by atoms with van der Waals surface area (Å²) in [4.78, 5) is 12.1. The molecule has 0 fully saturated rings. The zero-order chi connectivity index (χ0) is 14.6. The molecular weight excluding hydrogens is 252 g/mol. The Hall–Kier alpha value is -1.55. The lowest BCUT2D eigenvalue weighted by Gasteiger charge is -2.11. The Bertz CT molecular complexity index is 394. The van der Waals surface area contributed by atoms with E-state index in [1.165, 1.54) is 0 Å². The molecule has 1 aromatic carbocycles. The second-order valence-electron chi connectivity index (χ2n) is 4.87. The Labute approximate surface area is 121 Å². The van der Waals surface area contributed by atoms with Crippen LogP contribution in [0.15, 0.2) is 24.3 Å². The van der Waals surface area contributed by atoms with Gasteiger partial charge >= 0.3 is 0 Å². The van der Waals surface area contributed by atoms with Crippen LogP contribution in [0.5, 0.6) is 0 Å². The van der Waals surface area contributed by atoms with Crippen molar-refractivity contribution in [3.05, 3.63) is 29.8 Å². The van der Waals surface area contributed by atoms with E-state index in [0.29, 0.717) is 12.1 Å². The van der Waals surface area contributed by atoms with Crippen molar-refractivity contribution in [1.29, 1.82) is 0 Å². The Morgan fingerprint density at radius 1 is 1.10 bits per heavy atom. The highest BCUT2D eigenvalue weighted by Crippen LogP contribution is 2.14. The van der Waals surface area contributed by atoms with Gasteiger partial charge in [-0.15, -0.1) is 0 Å². The third kappa shape index (κ3) is 6.06. The van der Waals surface area contributed by atoms with Crippen molar-refractivity contribution in [1.82, 2.24) is 5.32 Å². The fraction of sp³-hybridized carbons (Fsp3) is 0.562. The van der Waals surface area contributed by atoms with Crippen LogP contribution in [-0.2, 0) is 0 Å². The van der Waals surface area contributed by atoms with Crippen molar-refractivity contribution >= 4 is 11.6 Å². The Morgan fingerprint density at radius 3 is 2.60 bits per heavy atom.